The van der Waals surface area contributed by atoms with Crippen molar-refractivity contribution in [2.75, 3.05) is 7.11 Å². The van der Waals surface area contributed by atoms with Crippen LogP contribution in [0.4, 0.5) is 0 Å². The van der Waals surface area contributed by atoms with Gasteiger partial charge >= 0.3 is 5.97 Å². The van der Waals surface area contributed by atoms with Crippen molar-refractivity contribution in [3.05, 3.63) is 81.4 Å². The monoisotopic (exact) mass is 338 g/mol. The summed E-state index contributed by atoms with van der Waals surface area (Å²) < 4.78 is 11.8. The van der Waals surface area contributed by atoms with Crippen molar-refractivity contribution < 1.29 is 14.3 Å². The molecule has 0 unspecified atom stereocenters. The summed E-state index contributed by atoms with van der Waals surface area (Å²) in [5, 5.41) is 0. The number of ether oxygens (including phenoxy) is 2. The molecule has 2 aromatic heterocycles. The molecule has 0 aliphatic heterocycles. The Morgan fingerprint density at radius 1 is 1.12 bits per heavy atom. The zero-order chi connectivity index (χ0) is 17.8. The molecule has 6 nitrogen and oxygen atoms in total. The average molecular weight is 338 g/mol. The summed E-state index contributed by atoms with van der Waals surface area (Å²) in [6, 6.07) is 12.0. The number of carbonyl (C=O) groups is 1. The minimum Gasteiger partial charge on any atom is -0.456 e. The highest BCUT2D eigenvalue weighted by molar-refractivity contribution is 5.89. The van der Waals surface area contributed by atoms with Crippen LogP contribution in [0.5, 0.6) is 0 Å². The van der Waals surface area contributed by atoms with Crippen LogP contribution in [-0.4, -0.2) is 22.5 Å². The van der Waals surface area contributed by atoms with Crippen molar-refractivity contribution in [2.24, 2.45) is 0 Å². The molecule has 0 fully saturated rings. The van der Waals surface area contributed by atoms with E-state index in [0.717, 1.165) is 11.1 Å². The second-order valence-corrected chi connectivity index (χ2v) is 5.73. The number of benzene rings is 1. The van der Waals surface area contributed by atoms with Crippen molar-refractivity contribution in [3.8, 4) is 0 Å². The van der Waals surface area contributed by atoms with Gasteiger partial charge in [-0.05, 0) is 36.2 Å². The van der Waals surface area contributed by atoms with Crippen molar-refractivity contribution in [1.82, 2.24) is 9.38 Å². The summed E-state index contributed by atoms with van der Waals surface area (Å²) in [4.78, 5) is 28.6. The molecule has 0 bridgehead atoms. The fourth-order valence-corrected chi connectivity index (χ4v) is 2.46. The lowest BCUT2D eigenvalue weighted by molar-refractivity contribution is 0.0467. The highest BCUT2D eigenvalue weighted by atomic mass is 16.5. The van der Waals surface area contributed by atoms with Crippen LogP contribution >= 0.6 is 0 Å². The zero-order valence-corrected chi connectivity index (χ0v) is 14.1. The van der Waals surface area contributed by atoms with Gasteiger partial charge in [0.25, 0.3) is 5.56 Å². The molecule has 128 valence electrons. The standard InChI is InChI=1S/C19H18N2O4/c1-13-3-8-17-20-16(9-18(22)21(17)10-13)12-25-19(23)15-6-4-14(5-7-15)11-24-2/h3-10H,11-12H2,1-2H3. The molecule has 6 heteroatoms. The number of pyridine rings is 1. The predicted octanol–water partition coefficient (Wildman–Crippen LogP) is 2.51. The summed E-state index contributed by atoms with van der Waals surface area (Å²) in [5.41, 5.74) is 3.11. The fourth-order valence-electron chi connectivity index (χ4n) is 2.46. The molecule has 25 heavy (non-hydrogen) atoms. The third kappa shape index (κ3) is 3.92. The molecule has 0 saturated carbocycles. The summed E-state index contributed by atoms with van der Waals surface area (Å²) in [7, 11) is 1.61. The normalized spacial score (nSPS) is 10.8. The number of hydrogen-bond acceptors (Lipinski definition) is 5. The van der Waals surface area contributed by atoms with Crippen LogP contribution in [-0.2, 0) is 22.7 Å². The van der Waals surface area contributed by atoms with Gasteiger partial charge in [-0.2, -0.15) is 0 Å². The largest absolute Gasteiger partial charge is 0.456 e. The first kappa shape index (κ1) is 16.9. The van der Waals surface area contributed by atoms with Crippen LogP contribution in [0, 0.1) is 6.92 Å². The minimum atomic E-state index is -0.463. The van der Waals surface area contributed by atoms with Crippen molar-refractivity contribution in [2.45, 2.75) is 20.1 Å². The van der Waals surface area contributed by atoms with E-state index in [4.69, 9.17) is 9.47 Å². The van der Waals surface area contributed by atoms with E-state index in [2.05, 4.69) is 4.98 Å². The molecular weight excluding hydrogens is 320 g/mol. The lowest BCUT2D eigenvalue weighted by Crippen LogP contribution is -2.17. The van der Waals surface area contributed by atoms with E-state index in [1.807, 2.05) is 25.1 Å². The second-order valence-electron chi connectivity index (χ2n) is 5.73. The number of methoxy groups -OCH3 is 1. The molecule has 0 radical (unpaired) electrons. The number of nitrogens with zero attached hydrogens (tertiary/aromatic N) is 2. The Balaban J connectivity index is 1.72. The average Bonchev–Trinajstić information content (AvgIpc) is 2.61. The van der Waals surface area contributed by atoms with E-state index in [1.54, 1.807) is 31.5 Å². The third-order valence-electron chi connectivity index (χ3n) is 3.71. The summed E-state index contributed by atoms with van der Waals surface area (Å²) >= 11 is 0. The fraction of sp³-hybridized carbons (Fsp3) is 0.211. The maximum atomic E-state index is 12.1. The molecule has 0 aliphatic rings. The molecule has 0 amide bonds. The molecule has 2 heterocycles. The van der Waals surface area contributed by atoms with Gasteiger partial charge in [0, 0.05) is 19.4 Å². The van der Waals surface area contributed by atoms with Gasteiger partial charge in [-0.15, -0.1) is 0 Å². The van der Waals surface area contributed by atoms with Crippen molar-refractivity contribution in [1.29, 1.82) is 0 Å². The van der Waals surface area contributed by atoms with Gasteiger partial charge in [-0.25, -0.2) is 9.78 Å². The smallest absolute Gasteiger partial charge is 0.338 e. The van der Waals surface area contributed by atoms with E-state index in [0.29, 0.717) is 23.5 Å². The van der Waals surface area contributed by atoms with Gasteiger partial charge in [0.05, 0.1) is 17.9 Å². The molecule has 0 saturated heterocycles. The number of aryl methyl sites for hydroxylation is 1. The Morgan fingerprint density at radius 3 is 2.60 bits per heavy atom. The molecule has 1 aromatic carbocycles. The summed E-state index contributed by atoms with van der Waals surface area (Å²) in [5.74, 6) is -0.463. The Kier molecular flexibility index (Phi) is 4.90. The van der Waals surface area contributed by atoms with Crippen LogP contribution < -0.4 is 5.56 Å². The first-order chi connectivity index (χ1) is 12.1. The Morgan fingerprint density at radius 2 is 1.88 bits per heavy atom. The van der Waals surface area contributed by atoms with E-state index < -0.39 is 5.97 Å². The summed E-state index contributed by atoms with van der Waals surface area (Å²) in [6.45, 7) is 2.33. The predicted molar refractivity (Wildman–Crippen MR) is 92.5 cm³/mol. The second kappa shape index (κ2) is 7.27. The first-order valence-electron chi connectivity index (χ1n) is 7.81. The van der Waals surface area contributed by atoms with E-state index >= 15 is 0 Å². The van der Waals surface area contributed by atoms with Gasteiger partial charge in [0.15, 0.2) is 0 Å². The lowest BCUT2D eigenvalue weighted by Gasteiger charge is -2.07. The molecule has 0 N–H and O–H groups in total. The SMILES string of the molecule is COCc1ccc(C(=O)OCc2cc(=O)n3cc(C)ccc3n2)cc1. The van der Waals surface area contributed by atoms with Crippen LogP contribution in [0.3, 0.4) is 0 Å². The highest BCUT2D eigenvalue weighted by Gasteiger charge is 2.09. The number of carbonyl (C=O) groups excluding carboxylic acids is 1. The maximum Gasteiger partial charge on any atom is 0.338 e. The van der Waals surface area contributed by atoms with Gasteiger partial charge in [-0.3, -0.25) is 9.20 Å². The highest BCUT2D eigenvalue weighted by Crippen LogP contribution is 2.09. The number of hydrogen-bond donors (Lipinski definition) is 0. The molecule has 0 atom stereocenters. The van der Waals surface area contributed by atoms with Gasteiger partial charge in [0.1, 0.15) is 12.3 Å². The topological polar surface area (TPSA) is 69.9 Å². The molecular formula is C19H18N2O4. The molecule has 0 aliphatic carbocycles. The van der Waals surface area contributed by atoms with Crippen LogP contribution in [0.1, 0.15) is 27.2 Å². The molecule has 0 spiro atoms. The molecule has 3 rings (SSSR count). The zero-order valence-electron chi connectivity index (χ0n) is 14.1. The van der Waals surface area contributed by atoms with E-state index in [1.165, 1.54) is 10.5 Å². The molecule has 3 aromatic rings. The van der Waals surface area contributed by atoms with Crippen molar-refractivity contribution >= 4 is 11.6 Å². The first-order valence-corrected chi connectivity index (χ1v) is 7.81. The number of fused-ring (bicyclic) bond motifs is 1. The van der Waals surface area contributed by atoms with E-state index in [9.17, 15) is 9.59 Å². The summed E-state index contributed by atoms with van der Waals surface area (Å²) in [6.07, 6.45) is 1.72. The van der Waals surface area contributed by atoms with Crippen LogP contribution in [0.15, 0.2) is 53.5 Å². The Labute approximate surface area is 144 Å². The Hall–Kier alpha value is -2.99. The lowest BCUT2D eigenvalue weighted by atomic mass is 10.1. The number of aromatic nitrogens is 2. The number of rotatable bonds is 5. The minimum absolute atomic E-state index is 0.0573. The van der Waals surface area contributed by atoms with E-state index in [-0.39, 0.29) is 12.2 Å². The van der Waals surface area contributed by atoms with Crippen LogP contribution in [0.25, 0.3) is 5.65 Å². The third-order valence-corrected chi connectivity index (χ3v) is 3.71. The van der Waals surface area contributed by atoms with Gasteiger partial charge in [-0.1, -0.05) is 18.2 Å². The maximum absolute atomic E-state index is 12.1. The van der Waals surface area contributed by atoms with Crippen molar-refractivity contribution in [3.63, 3.8) is 0 Å². The van der Waals surface area contributed by atoms with Crippen LogP contribution in [0.2, 0.25) is 0 Å². The van der Waals surface area contributed by atoms with Gasteiger partial charge in [0.2, 0.25) is 0 Å². The number of esters is 1. The van der Waals surface area contributed by atoms with Gasteiger partial charge < -0.3 is 9.47 Å². The Bertz CT molecular complexity index is 961. The quantitative estimate of drug-likeness (QED) is 0.669.